The summed E-state index contributed by atoms with van der Waals surface area (Å²) in [6, 6.07) is 14.2. The van der Waals surface area contributed by atoms with Crippen LogP contribution in [0.15, 0.2) is 48.5 Å². The molecule has 2 fully saturated rings. The first kappa shape index (κ1) is 19.9. The zero-order chi connectivity index (χ0) is 20.3. The molecule has 0 saturated carbocycles. The van der Waals surface area contributed by atoms with Gasteiger partial charge in [0.2, 0.25) is 0 Å². The van der Waals surface area contributed by atoms with Crippen LogP contribution in [0.2, 0.25) is 0 Å². The fraction of sp³-hybridized carbons (Fsp3) is 0.435. The zero-order valence-electron chi connectivity index (χ0n) is 16.8. The number of amides is 1. The highest BCUT2D eigenvalue weighted by Crippen LogP contribution is 2.33. The highest BCUT2D eigenvalue weighted by atomic mass is 19.1. The number of morpholine rings is 1. The average molecular weight is 398 g/mol. The number of para-hydroxylation sites is 1. The number of likely N-dealkylation sites (tertiary alicyclic amines) is 1. The predicted molar refractivity (Wildman–Crippen MR) is 110 cm³/mol. The largest absolute Gasteiger partial charge is 0.494 e. The Balaban J connectivity index is 1.49. The molecule has 1 spiro atoms. The molecule has 1 unspecified atom stereocenters. The molecule has 0 aromatic heterocycles. The van der Waals surface area contributed by atoms with Crippen LogP contribution in [0.5, 0.6) is 5.75 Å². The normalized spacial score (nSPS) is 22.8. The number of nitrogens with zero attached hydrogens (tertiary/aromatic N) is 2. The molecule has 2 aromatic rings. The van der Waals surface area contributed by atoms with Gasteiger partial charge in [0.1, 0.15) is 18.2 Å². The van der Waals surface area contributed by atoms with Crippen LogP contribution in [0.3, 0.4) is 0 Å². The number of carbonyl (C=O) groups excluding carboxylic acids is 1. The smallest absolute Gasteiger partial charge is 0.253 e. The van der Waals surface area contributed by atoms with Crippen molar-refractivity contribution < 1.29 is 18.7 Å². The van der Waals surface area contributed by atoms with Gasteiger partial charge in [-0.3, -0.25) is 9.69 Å². The summed E-state index contributed by atoms with van der Waals surface area (Å²) in [5.41, 5.74) is 1.48. The summed E-state index contributed by atoms with van der Waals surface area (Å²) >= 11 is 0. The van der Waals surface area contributed by atoms with Gasteiger partial charge in [0.05, 0.1) is 18.8 Å². The lowest BCUT2D eigenvalue weighted by atomic mass is 9.90. The lowest BCUT2D eigenvalue weighted by molar-refractivity contribution is -0.146. The fourth-order valence-electron chi connectivity index (χ4n) is 4.32. The topological polar surface area (TPSA) is 42.0 Å². The van der Waals surface area contributed by atoms with E-state index in [4.69, 9.17) is 9.47 Å². The minimum absolute atomic E-state index is 0.0563. The van der Waals surface area contributed by atoms with Gasteiger partial charge in [-0.15, -0.1) is 0 Å². The van der Waals surface area contributed by atoms with Gasteiger partial charge < -0.3 is 14.4 Å². The maximum atomic E-state index is 13.3. The van der Waals surface area contributed by atoms with Crippen molar-refractivity contribution in [2.75, 3.05) is 37.7 Å². The number of carbonyl (C=O) groups is 1. The Hall–Kier alpha value is -2.44. The molecule has 1 amide bonds. The van der Waals surface area contributed by atoms with E-state index in [9.17, 15) is 9.18 Å². The van der Waals surface area contributed by atoms with E-state index in [-0.39, 0.29) is 18.3 Å². The quantitative estimate of drug-likeness (QED) is 0.772. The van der Waals surface area contributed by atoms with E-state index < -0.39 is 5.60 Å². The van der Waals surface area contributed by atoms with E-state index in [2.05, 4.69) is 11.0 Å². The minimum atomic E-state index is -0.402. The summed E-state index contributed by atoms with van der Waals surface area (Å²) in [6.07, 6.45) is 1.91. The van der Waals surface area contributed by atoms with Crippen LogP contribution in [0, 0.1) is 5.82 Å². The van der Waals surface area contributed by atoms with Crippen molar-refractivity contribution in [1.82, 2.24) is 4.90 Å². The van der Waals surface area contributed by atoms with Crippen molar-refractivity contribution in [3.8, 4) is 5.75 Å². The fourth-order valence-corrected chi connectivity index (χ4v) is 4.32. The number of anilines is 1. The Morgan fingerprint density at radius 3 is 2.72 bits per heavy atom. The highest BCUT2D eigenvalue weighted by Gasteiger charge is 2.43. The number of benzene rings is 2. The van der Waals surface area contributed by atoms with E-state index in [1.165, 1.54) is 12.1 Å². The Bertz CT molecular complexity index is 857. The average Bonchev–Trinajstić information content (AvgIpc) is 2.73. The number of ether oxygens (including phenoxy) is 2. The van der Waals surface area contributed by atoms with Crippen LogP contribution in [-0.2, 0) is 16.1 Å². The second-order valence-electron chi connectivity index (χ2n) is 7.78. The van der Waals surface area contributed by atoms with Gasteiger partial charge in [0, 0.05) is 24.3 Å². The Kier molecular flexibility index (Phi) is 5.83. The van der Waals surface area contributed by atoms with Gasteiger partial charge in [-0.2, -0.15) is 0 Å². The van der Waals surface area contributed by atoms with Crippen LogP contribution in [0.4, 0.5) is 10.1 Å². The Morgan fingerprint density at radius 1 is 1.14 bits per heavy atom. The number of rotatable bonds is 5. The van der Waals surface area contributed by atoms with Gasteiger partial charge >= 0.3 is 0 Å². The molecule has 6 heteroatoms. The third kappa shape index (κ3) is 4.43. The first-order valence-corrected chi connectivity index (χ1v) is 10.2. The van der Waals surface area contributed by atoms with E-state index in [0.717, 1.165) is 49.5 Å². The number of hydrogen-bond donors (Lipinski definition) is 0. The first-order valence-electron chi connectivity index (χ1n) is 10.2. The molecule has 2 aromatic carbocycles. The molecule has 0 bridgehead atoms. The molecule has 0 aliphatic carbocycles. The van der Waals surface area contributed by atoms with Crippen molar-refractivity contribution in [3.05, 3.63) is 59.9 Å². The van der Waals surface area contributed by atoms with E-state index >= 15 is 0 Å². The third-order valence-electron chi connectivity index (χ3n) is 5.67. The van der Waals surface area contributed by atoms with Crippen molar-refractivity contribution in [2.24, 2.45) is 0 Å². The van der Waals surface area contributed by atoms with Gasteiger partial charge in [-0.25, -0.2) is 4.39 Å². The summed E-state index contributed by atoms with van der Waals surface area (Å²) in [4.78, 5) is 16.6. The lowest BCUT2D eigenvalue weighted by Crippen LogP contribution is -2.61. The van der Waals surface area contributed by atoms with Crippen LogP contribution in [0.25, 0.3) is 0 Å². The lowest BCUT2D eigenvalue weighted by Gasteiger charge is -2.47. The molecule has 2 saturated heterocycles. The minimum Gasteiger partial charge on any atom is -0.494 e. The molecule has 2 heterocycles. The second-order valence-corrected chi connectivity index (χ2v) is 7.78. The summed E-state index contributed by atoms with van der Waals surface area (Å²) < 4.78 is 25.2. The zero-order valence-corrected chi connectivity index (χ0v) is 16.8. The summed E-state index contributed by atoms with van der Waals surface area (Å²) in [5, 5.41) is 0. The van der Waals surface area contributed by atoms with Gasteiger partial charge in [-0.05, 0) is 56.6 Å². The van der Waals surface area contributed by atoms with Crippen LogP contribution < -0.4 is 9.64 Å². The van der Waals surface area contributed by atoms with Gasteiger partial charge in [0.15, 0.2) is 0 Å². The van der Waals surface area contributed by atoms with E-state index in [0.29, 0.717) is 13.2 Å². The molecular weight excluding hydrogens is 371 g/mol. The predicted octanol–water partition coefficient (Wildman–Crippen LogP) is 3.62. The molecule has 154 valence electrons. The van der Waals surface area contributed by atoms with Crippen LogP contribution in [0.1, 0.15) is 25.3 Å². The molecule has 2 aliphatic heterocycles. The highest BCUT2D eigenvalue weighted by molar-refractivity contribution is 5.95. The molecule has 0 radical (unpaired) electrons. The molecule has 4 rings (SSSR count). The monoisotopic (exact) mass is 398 g/mol. The summed E-state index contributed by atoms with van der Waals surface area (Å²) in [6.45, 7) is 5.69. The van der Waals surface area contributed by atoms with E-state index in [1.54, 1.807) is 17.0 Å². The molecule has 29 heavy (non-hydrogen) atoms. The molecule has 1 atom stereocenters. The maximum Gasteiger partial charge on any atom is 0.253 e. The van der Waals surface area contributed by atoms with Gasteiger partial charge in [-0.1, -0.05) is 18.2 Å². The molecule has 2 aliphatic rings. The number of halogens is 1. The SMILES string of the molecule is CCOc1ccccc1CN1CCCC2(C1)CN(c1ccc(F)cc1)C(=O)CO2. The Labute approximate surface area is 171 Å². The van der Waals surface area contributed by atoms with Crippen molar-refractivity contribution in [1.29, 1.82) is 0 Å². The van der Waals surface area contributed by atoms with Crippen LogP contribution in [-0.4, -0.2) is 49.3 Å². The number of piperidine rings is 1. The third-order valence-corrected chi connectivity index (χ3v) is 5.67. The summed E-state index contributed by atoms with van der Waals surface area (Å²) in [7, 11) is 0. The van der Waals surface area contributed by atoms with Crippen molar-refractivity contribution in [3.63, 3.8) is 0 Å². The van der Waals surface area contributed by atoms with Gasteiger partial charge in [0.25, 0.3) is 5.91 Å². The standard InChI is InChI=1S/C23H27FN2O3/c1-2-28-21-7-4-3-6-18(21)14-25-13-5-12-23(16-25)17-26(22(27)15-29-23)20-10-8-19(24)9-11-20/h3-4,6-11H,2,5,12-17H2,1H3. The second kappa shape index (κ2) is 8.51. The van der Waals surface area contributed by atoms with E-state index in [1.807, 2.05) is 25.1 Å². The first-order chi connectivity index (χ1) is 14.1. The molecule has 5 nitrogen and oxygen atoms in total. The maximum absolute atomic E-state index is 13.3. The van der Waals surface area contributed by atoms with Crippen LogP contribution >= 0.6 is 0 Å². The summed E-state index contributed by atoms with van der Waals surface area (Å²) in [5.74, 6) is 0.532. The molecule has 0 N–H and O–H groups in total. The van der Waals surface area contributed by atoms with Crippen molar-refractivity contribution >= 4 is 11.6 Å². The number of hydrogen-bond acceptors (Lipinski definition) is 4. The molecular formula is C23H27FN2O3. The van der Waals surface area contributed by atoms with Crippen molar-refractivity contribution in [2.45, 2.75) is 31.9 Å². The Morgan fingerprint density at radius 2 is 1.93 bits per heavy atom.